The summed E-state index contributed by atoms with van der Waals surface area (Å²) in [5.74, 6) is -2.40. The zero-order valence-electron chi connectivity index (χ0n) is 13.6. The fourth-order valence-electron chi connectivity index (χ4n) is 2.55. The Hall–Kier alpha value is -2.36. The van der Waals surface area contributed by atoms with Crippen LogP contribution in [-0.4, -0.2) is 44.9 Å². The smallest absolute Gasteiger partial charge is 0.258 e. The minimum absolute atomic E-state index is 0.0477. The van der Waals surface area contributed by atoms with Gasteiger partial charge in [-0.1, -0.05) is 12.1 Å². The number of anilines is 1. The molecule has 2 aromatic rings. The molecule has 0 unspecified atom stereocenters. The van der Waals surface area contributed by atoms with Crippen molar-refractivity contribution in [2.45, 2.75) is 4.90 Å². The number of benzene rings is 2. The summed E-state index contributed by atoms with van der Waals surface area (Å²) in [4.78, 5) is 11.6. The van der Waals surface area contributed by atoms with Crippen LogP contribution in [0.3, 0.4) is 0 Å². The molecule has 1 saturated heterocycles. The van der Waals surface area contributed by atoms with Crippen molar-refractivity contribution in [3.8, 4) is 0 Å². The van der Waals surface area contributed by atoms with E-state index in [1.807, 2.05) is 0 Å². The molecule has 0 atom stereocenters. The zero-order valence-corrected chi connectivity index (χ0v) is 14.4. The Morgan fingerprint density at radius 2 is 1.73 bits per heavy atom. The lowest BCUT2D eigenvalue weighted by molar-refractivity contribution is 0.0729. The van der Waals surface area contributed by atoms with Crippen LogP contribution in [0.2, 0.25) is 0 Å². The third-order valence-electron chi connectivity index (χ3n) is 3.90. The molecule has 1 aliphatic rings. The van der Waals surface area contributed by atoms with Gasteiger partial charge in [0.25, 0.3) is 5.91 Å². The highest BCUT2D eigenvalue weighted by Gasteiger charge is 2.29. The van der Waals surface area contributed by atoms with Crippen molar-refractivity contribution in [3.63, 3.8) is 0 Å². The number of sulfonamides is 1. The van der Waals surface area contributed by atoms with Crippen LogP contribution in [0, 0.1) is 11.6 Å². The molecule has 1 amide bonds. The fraction of sp³-hybridized carbons (Fsp3) is 0.235. The van der Waals surface area contributed by atoms with Gasteiger partial charge in [-0.05, 0) is 30.3 Å². The number of hydrogen-bond acceptors (Lipinski definition) is 4. The minimum Gasteiger partial charge on any atom is -0.379 e. The van der Waals surface area contributed by atoms with Gasteiger partial charge in [0, 0.05) is 18.8 Å². The summed E-state index contributed by atoms with van der Waals surface area (Å²) >= 11 is 0. The van der Waals surface area contributed by atoms with Gasteiger partial charge in [-0.25, -0.2) is 17.2 Å². The van der Waals surface area contributed by atoms with Crippen molar-refractivity contribution in [2.24, 2.45) is 0 Å². The van der Waals surface area contributed by atoms with Crippen molar-refractivity contribution in [1.82, 2.24) is 4.31 Å². The van der Waals surface area contributed by atoms with Gasteiger partial charge in [-0.15, -0.1) is 0 Å². The molecule has 0 aliphatic carbocycles. The lowest BCUT2D eigenvalue weighted by atomic mass is 10.2. The number of rotatable bonds is 4. The summed E-state index contributed by atoms with van der Waals surface area (Å²) < 4.78 is 59.3. The van der Waals surface area contributed by atoms with Gasteiger partial charge in [-0.3, -0.25) is 4.79 Å². The second kappa shape index (κ2) is 7.48. The van der Waals surface area contributed by atoms with Gasteiger partial charge in [0.15, 0.2) is 0 Å². The molecule has 138 valence electrons. The van der Waals surface area contributed by atoms with Gasteiger partial charge in [0.2, 0.25) is 10.0 Å². The maximum atomic E-state index is 14.1. The van der Waals surface area contributed by atoms with E-state index in [4.69, 9.17) is 4.74 Å². The first-order chi connectivity index (χ1) is 12.4. The molecular formula is C17H16F2N2O4S. The number of hydrogen-bond donors (Lipinski definition) is 1. The number of nitrogens with zero attached hydrogens (tertiary/aromatic N) is 1. The number of halogens is 2. The highest BCUT2D eigenvalue weighted by atomic mass is 32.2. The lowest BCUT2D eigenvalue weighted by Gasteiger charge is -2.26. The Balaban J connectivity index is 1.88. The summed E-state index contributed by atoms with van der Waals surface area (Å²) in [5, 5.41) is 2.39. The highest BCUT2D eigenvalue weighted by molar-refractivity contribution is 7.89. The number of carbonyl (C=O) groups is 1. The van der Waals surface area contributed by atoms with E-state index in [9.17, 15) is 22.0 Å². The average Bonchev–Trinajstić information content (AvgIpc) is 2.64. The number of nitrogens with one attached hydrogen (secondary N) is 1. The Bertz CT molecular complexity index is 928. The molecule has 1 N–H and O–H groups in total. The molecule has 6 nitrogen and oxygen atoms in total. The summed E-state index contributed by atoms with van der Waals surface area (Å²) in [6.07, 6.45) is 0. The Morgan fingerprint density at radius 1 is 1.04 bits per heavy atom. The number of morpholine rings is 1. The van der Waals surface area contributed by atoms with Crippen LogP contribution in [-0.2, 0) is 14.8 Å². The first-order valence-electron chi connectivity index (χ1n) is 7.83. The van der Waals surface area contributed by atoms with Crippen molar-refractivity contribution in [1.29, 1.82) is 0 Å². The zero-order chi connectivity index (χ0) is 18.7. The highest BCUT2D eigenvalue weighted by Crippen LogP contribution is 2.24. The molecular weight excluding hydrogens is 366 g/mol. The largest absolute Gasteiger partial charge is 0.379 e. The van der Waals surface area contributed by atoms with Crippen LogP contribution in [0.1, 0.15) is 10.4 Å². The van der Waals surface area contributed by atoms with E-state index in [1.165, 1.54) is 24.3 Å². The molecule has 1 aliphatic heterocycles. The SMILES string of the molecule is O=C(Nc1ccc(F)c(S(=O)(=O)N2CCOCC2)c1)c1ccccc1F. The minimum atomic E-state index is -4.07. The number of carbonyl (C=O) groups excluding carboxylic acids is 1. The van der Waals surface area contributed by atoms with Crippen molar-refractivity contribution in [3.05, 3.63) is 59.7 Å². The monoisotopic (exact) mass is 382 g/mol. The quantitative estimate of drug-likeness (QED) is 0.880. The first kappa shape index (κ1) is 18.4. The Kier molecular flexibility index (Phi) is 5.30. The second-order valence-electron chi connectivity index (χ2n) is 5.60. The summed E-state index contributed by atoms with van der Waals surface area (Å²) in [5.41, 5.74) is -0.152. The van der Waals surface area contributed by atoms with Crippen LogP contribution in [0.4, 0.5) is 14.5 Å². The molecule has 0 bridgehead atoms. The standard InChI is InChI=1S/C17H16F2N2O4S/c18-14-4-2-1-3-13(14)17(22)20-12-5-6-15(19)16(11-12)26(23,24)21-7-9-25-10-8-21/h1-6,11H,7-10H2,(H,20,22). The fourth-order valence-corrected chi connectivity index (χ4v) is 4.05. The van der Waals surface area contributed by atoms with Gasteiger partial charge in [0.05, 0.1) is 18.8 Å². The van der Waals surface area contributed by atoms with E-state index in [-0.39, 0.29) is 37.6 Å². The van der Waals surface area contributed by atoms with E-state index < -0.39 is 32.5 Å². The Morgan fingerprint density at radius 3 is 2.42 bits per heavy atom. The van der Waals surface area contributed by atoms with Crippen LogP contribution in [0.15, 0.2) is 47.4 Å². The molecule has 1 fully saturated rings. The molecule has 0 radical (unpaired) electrons. The normalized spacial score (nSPS) is 15.6. The molecule has 3 rings (SSSR count). The predicted molar refractivity (Wildman–Crippen MR) is 90.3 cm³/mol. The summed E-state index contributed by atoms with van der Waals surface area (Å²) in [6.45, 7) is 0.691. The van der Waals surface area contributed by atoms with Crippen molar-refractivity contribution < 1.29 is 26.7 Å². The lowest BCUT2D eigenvalue weighted by Crippen LogP contribution is -2.40. The van der Waals surface area contributed by atoms with E-state index in [0.717, 1.165) is 22.5 Å². The van der Waals surface area contributed by atoms with Gasteiger partial charge in [-0.2, -0.15) is 4.31 Å². The van der Waals surface area contributed by atoms with Gasteiger partial charge >= 0.3 is 0 Å². The second-order valence-corrected chi connectivity index (χ2v) is 7.50. The predicted octanol–water partition coefficient (Wildman–Crippen LogP) is 2.24. The van der Waals surface area contributed by atoms with Crippen LogP contribution >= 0.6 is 0 Å². The molecule has 0 spiro atoms. The molecule has 2 aromatic carbocycles. The van der Waals surface area contributed by atoms with Crippen molar-refractivity contribution >= 4 is 21.6 Å². The number of ether oxygens (including phenoxy) is 1. The molecule has 9 heteroatoms. The molecule has 1 heterocycles. The average molecular weight is 382 g/mol. The van der Waals surface area contributed by atoms with Crippen LogP contribution in [0.25, 0.3) is 0 Å². The van der Waals surface area contributed by atoms with E-state index in [1.54, 1.807) is 0 Å². The molecule has 0 saturated carbocycles. The van der Waals surface area contributed by atoms with Gasteiger partial charge < -0.3 is 10.1 Å². The van der Waals surface area contributed by atoms with E-state index in [0.29, 0.717) is 0 Å². The van der Waals surface area contributed by atoms with Crippen LogP contribution in [0.5, 0.6) is 0 Å². The third kappa shape index (κ3) is 3.74. The maximum absolute atomic E-state index is 14.1. The number of amides is 1. The molecule has 26 heavy (non-hydrogen) atoms. The van der Waals surface area contributed by atoms with E-state index >= 15 is 0 Å². The summed E-state index contributed by atoms with van der Waals surface area (Å²) in [7, 11) is -4.07. The maximum Gasteiger partial charge on any atom is 0.258 e. The van der Waals surface area contributed by atoms with Gasteiger partial charge in [0.1, 0.15) is 16.5 Å². The third-order valence-corrected chi connectivity index (χ3v) is 5.81. The van der Waals surface area contributed by atoms with Crippen molar-refractivity contribution in [2.75, 3.05) is 31.6 Å². The summed E-state index contributed by atoms with van der Waals surface area (Å²) in [6, 6.07) is 8.55. The topological polar surface area (TPSA) is 75.7 Å². The molecule has 0 aromatic heterocycles. The van der Waals surface area contributed by atoms with E-state index in [2.05, 4.69) is 5.32 Å². The Labute approximate surface area is 149 Å². The van der Waals surface area contributed by atoms with Crippen LogP contribution < -0.4 is 5.32 Å². The first-order valence-corrected chi connectivity index (χ1v) is 9.27.